The van der Waals surface area contributed by atoms with Gasteiger partial charge in [0.25, 0.3) is 17.5 Å². The van der Waals surface area contributed by atoms with Crippen molar-refractivity contribution in [2.75, 3.05) is 25.1 Å². The third kappa shape index (κ3) is 3.51. The van der Waals surface area contributed by atoms with Crippen LogP contribution < -0.4 is 4.90 Å². The van der Waals surface area contributed by atoms with E-state index in [9.17, 15) is 19.7 Å². The van der Waals surface area contributed by atoms with Crippen LogP contribution in [0.2, 0.25) is 0 Å². The summed E-state index contributed by atoms with van der Waals surface area (Å²) in [6.45, 7) is 0.531. The van der Waals surface area contributed by atoms with Crippen molar-refractivity contribution >= 4 is 40.2 Å². The van der Waals surface area contributed by atoms with Gasteiger partial charge in [0.15, 0.2) is 0 Å². The van der Waals surface area contributed by atoms with Crippen molar-refractivity contribution in [2.24, 2.45) is 5.10 Å². The Balaban J connectivity index is 1.67. The number of anilines is 1. The van der Waals surface area contributed by atoms with Crippen LogP contribution in [0.25, 0.3) is 10.8 Å². The van der Waals surface area contributed by atoms with Crippen LogP contribution in [-0.4, -0.2) is 53.3 Å². The Morgan fingerprint density at radius 1 is 1.06 bits per heavy atom. The van der Waals surface area contributed by atoms with Gasteiger partial charge in [-0.25, -0.2) is 0 Å². The van der Waals surface area contributed by atoms with E-state index in [-0.39, 0.29) is 34.2 Å². The van der Waals surface area contributed by atoms with Gasteiger partial charge in [-0.2, -0.15) is 10.1 Å². The van der Waals surface area contributed by atoms with Crippen LogP contribution in [0.4, 0.5) is 11.4 Å². The quantitative estimate of drug-likeness (QED) is 0.285. The molecular weight excluding hydrogens is 400 g/mol. The Kier molecular flexibility index (Phi) is 5.18. The predicted octanol–water partition coefficient (Wildman–Crippen LogP) is 2.81. The molecule has 156 valence electrons. The van der Waals surface area contributed by atoms with Crippen LogP contribution >= 0.6 is 0 Å². The number of rotatable bonds is 6. The number of hydrazone groups is 1. The first-order valence-corrected chi connectivity index (χ1v) is 9.47. The second-order valence-electron chi connectivity index (χ2n) is 7.02. The van der Waals surface area contributed by atoms with E-state index in [0.717, 1.165) is 10.7 Å². The number of aliphatic hydroxyl groups excluding tert-OH is 1. The summed E-state index contributed by atoms with van der Waals surface area (Å²) in [6.07, 6.45) is 1.40. The van der Waals surface area contributed by atoms with Crippen molar-refractivity contribution < 1.29 is 19.6 Å². The van der Waals surface area contributed by atoms with Gasteiger partial charge in [0.2, 0.25) is 0 Å². The molecule has 0 fully saturated rings. The molecule has 0 spiro atoms. The molecule has 0 atom stereocenters. The van der Waals surface area contributed by atoms with Gasteiger partial charge in [0.1, 0.15) is 0 Å². The maximum Gasteiger partial charge on any atom is 0.282 e. The van der Waals surface area contributed by atoms with Gasteiger partial charge >= 0.3 is 0 Å². The fourth-order valence-corrected chi connectivity index (χ4v) is 3.55. The lowest BCUT2D eigenvalue weighted by Gasteiger charge is -2.23. The van der Waals surface area contributed by atoms with Crippen molar-refractivity contribution in [1.29, 1.82) is 0 Å². The number of non-ortho nitro benzene ring substituents is 1. The fourth-order valence-electron chi connectivity index (χ4n) is 3.55. The van der Waals surface area contributed by atoms with Gasteiger partial charge in [-0.05, 0) is 35.9 Å². The number of hydrogen-bond acceptors (Lipinski definition) is 7. The molecule has 1 N–H and O–H groups in total. The number of carbonyl (C=O) groups excluding carboxylic acids is 2. The highest BCUT2D eigenvalue weighted by atomic mass is 16.6. The third-order valence-corrected chi connectivity index (χ3v) is 5.15. The third-order valence-electron chi connectivity index (χ3n) is 5.15. The minimum Gasteiger partial charge on any atom is -0.395 e. The van der Waals surface area contributed by atoms with Gasteiger partial charge in [-0.1, -0.05) is 18.2 Å². The minimum atomic E-state index is -0.640. The molecule has 0 saturated heterocycles. The molecule has 0 aromatic heterocycles. The minimum absolute atomic E-state index is 0.0380. The van der Waals surface area contributed by atoms with E-state index < -0.39 is 16.7 Å². The summed E-state index contributed by atoms with van der Waals surface area (Å²) in [6, 6.07) is 14.5. The molecule has 0 aliphatic carbocycles. The molecule has 0 saturated carbocycles. The van der Waals surface area contributed by atoms with Gasteiger partial charge in [0, 0.05) is 30.7 Å². The number of nitrogens with zero attached hydrogens (tertiary/aromatic N) is 4. The number of aliphatic hydroxyl groups is 1. The molecule has 2 amide bonds. The summed E-state index contributed by atoms with van der Waals surface area (Å²) in [5, 5.41) is 25.7. The zero-order valence-electron chi connectivity index (χ0n) is 16.6. The number of imide groups is 1. The molecular formula is C22H18N4O5. The molecule has 3 aromatic rings. The summed E-state index contributed by atoms with van der Waals surface area (Å²) < 4.78 is 0. The van der Waals surface area contributed by atoms with Crippen LogP contribution in [0.3, 0.4) is 0 Å². The van der Waals surface area contributed by atoms with Crippen LogP contribution in [0.15, 0.2) is 59.7 Å². The van der Waals surface area contributed by atoms with Crippen LogP contribution in [-0.2, 0) is 0 Å². The molecule has 3 aromatic carbocycles. The SMILES string of the molecule is CN(CCO)c1ccc(C=NN2C(=O)c3cccc4c([N+](=O)[O-])ccc(c34)C2=O)cc1. The Morgan fingerprint density at radius 2 is 1.74 bits per heavy atom. The first kappa shape index (κ1) is 20.2. The summed E-state index contributed by atoms with van der Waals surface area (Å²) in [5.41, 5.74) is 1.79. The molecule has 9 nitrogen and oxygen atoms in total. The van der Waals surface area contributed by atoms with Gasteiger partial charge in [-0.15, -0.1) is 0 Å². The summed E-state index contributed by atoms with van der Waals surface area (Å²) in [5.74, 6) is -1.28. The topological polar surface area (TPSA) is 116 Å². The van der Waals surface area contributed by atoms with Crippen LogP contribution in [0.1, 0.15) is 26.3 Å². The summed E-state index contributed by atoms with van der Waals surface area (Å²) >= 11 is 0. The molecule has 9 heteroatoms. The number of carbonyl (C=O) groups is 2. The van der Waals surface area contributed by atoms with E-state index in [1.165, 1.54) is 30.5 Å². The fraction of sp³-hybridized carbons (Fsp3) is 0.136. The zero-order valence-corrected chi connectivity index (χ0v) is 16.6. The average Bonchev–Trinajstić information content (AvgIpc) is 2.77. The number of hydrogen-bond donors (Lipinski definition) is 1. The van der Waals surface area contributed by atoms with Crippen LogP contribution in [0, 0.1) is 10.1 Å². The van der Waals surface area contributed by atoms with Crippen molar-refractivity contribution in [3.8, 4) is 0 Å². The number of nitro groups is 1. The second kappa shape index (κ2) is 7.96. The Hall–Kier alpha value is -4.11. The molecule has 31 heavy (non-hydrogen) atoms. The smallest absolute Gasteiger partial charge is 0.282 e. The first-order chi connectivity index (χ1) is 14.9. The predicted molar refractivity (Wildman–Crippen MR) is 115 cm³/mol. The molecule has 0 bridgehead atoms. The Bertz CT molecular complexity index is 1210. The highest BCUT2D eigenvalue weighted by molar-refractivity contribution is 6.26. The van der Waals surface area contributed by atoms with Crippen molar-refractivity contribution in [1.82, 2.24) is 5.01 Å². The van der Waals surface area contributed by atoms with E-state index in [1.807, 2.05) is 24.1 Å². The summed E-state index contributed by atoms with van der Waals surface area (Å²) in [4.78, 5) is 38.5. The van der Waals surface area contributed by atoms with Crippen molar-refractivity contribution in [3.05, 3.63) is 81.4 Å². The molecule has 0 unspecified atom stereocenters. The first-order valence-electron chi connectivity index (χ1n) is 9.47. The molecule has 1 heterocycles. The highest BCUT2D eigenvalue weighted by Gasteiger charge is 2.34. The van der Waals surface area contributed by atoms with E-state index in [0.29, 0.717) is 12.1 Å². The second-order valence-corrected chi connectivity index (χ2v) is 7.02. The summed E-state index contributed by atoms with van der Waals surface area (Å²) in [7, 11) is 1.85. The van der Waals surface area contributed by atoms with Crippen molar-refractivity contribution in [2.45, 2.75) is 0 Å². The Labute approximate surface area is 177 Å². The number of nitro benzene ring substituents is 1. The van der Waals surface area contributed by atoms with Crippen molar-refractivity contribution in [3.63, 3.8) is 0 Å². The average molecular weight is 418 g/mol. The normalized spacial score (nSPS) is 13.3. The lowest BCUT2D eigenvalue weighted by molar-refractivity contribution is -0.383. The molecule has 1 aliphatic heterocycles. The molecule has 4 rings (SSSR count). The maximum atomic E-state index is 12.9. The van der Waals surface area contributed by atoms with E-state index in [4.69, 9.17) is 5.11 Å². The van der Waals surface area contributed by atoms with E-state index in [2.05, 4.69) is 5.10 Å². The standard InChI is InChI=1S/C22H18N4O5/c1-24(11-12-27)15-7-5-14(6-8-15)13-23-25-21(28)17-4-2-3-16-19(26(30)31)10-9-18(20(16)17)22(25)29/h2-10,13,27H,11-12H2,1H3. The number of amides is 2. The maximum absolute atomic E-state index is 12.9. The van der Waals surface area contributed by atoms with Crippen LogP contribution in [0.5, 0.6) is 0 Å². The zero-order chi connectivity index (χ0) is 22.1. The Morgan fingerprint density at radius 3 is 2.39 bits per heavy atom. The van der Waals surface area contributed by atoms with Gasteiger partial charge < -0.3 is 10.0 Å². The van der Waals surface area contributed by atoms with Gasteiger partial charge in [-0.3, -0.25) is 19.7 Å². The number of likely N-dealkylation sites (N-methyl/N-ethyl adjacent to an activating group) is 1. The lowest BCUT2D eigenvalue weighted by atomic mass is 9.94. The van der Waals surface area contributed by atoms with Gasteiger partial charge in [0.05, 0.1) is 34.3 Å². The molecule has 0 radical (unpaired) electrons. The highest BCUT2D eigenvalue weighted by Crippen LogP contribution is 2.35. The number of benzene rings is 3. The monoisotopic (exact) mass is 418 g/mol. The van der Waals surface area contributed by atoms with E-state index >= 15 is 0 Å². The molecule has 1 aliphatic rings. The van der Waals surface area contributed by atoms with E-state index in [1.54, 1.807) is 18.2 Å². The largest absolute Gasteiger partial charge is 0.395 e. The lowest BCUT2D eigenvalue weighted by Crippen LogP contribution is -2.36.